The van der Waals surface area contributed by atoms with Crippen molar-refractivity contribution in [3.63, 3.8) is 0 Å². The van der Waals surface area contributed by atoms with E-state index >= 15 is 0 Å². The van der Waals surface area contributed by atoms with E-state index < -0.39 is 0 Å². The fraction of sp³-hybridized carbons (Fsp3) is 0.250. The summed E-state index contributed by atoms with van der Waals surface area (Å²) in [5, 5.41) is 14.2. The van der Waals surface area contributed by atoms with E-state index in [1.807, 2.05) is 25.1 Å². The average molecular weight is 284 g/mol. The maximum absolute atomic E-state index is 11.1. The van der Waals surface area contributed by atoms with Crippen molar-refractivity contribution in [3.05, 3.63) is 63.2 Å². The van der Waals surface area contributed by atoms with Crippen molar-refractivity contribution in [3.8, 4) is 5.75 Å². The largest absolute Gasteiger partial charge is 0.493 e. The van der Waals surface area contributed by atoms with E-state index in [1.165, 1.54) is 5.56 Å². The van der Waals surface area contributed by atoms with E-state index in [4.69, 9.17) is 4.74 Å². The van der Waals surface area contributed by atoms with Gasteiger partial charge in [0.05, 0.1) is 11.5 Å². The van der Waals surface area contributed by atoms with Gasteiger partial charge in [-0.3, -0.25) is 10.1 Å². The number of nitro groups is 1. The second kappa shape index (κ2) is 5.44. The summed E-state index contributed by atoms with van der Waals surface area (Å²) < 4.78 is 5.47. The number of nitrogens with zero attached hydrogens (tertiary/aromatic N) is 1. The van der Waals surface area contributed by atoms with Crippen molar-refractivity contribution < 1.29 is 9.66 Å². The zero-order valence-electron chi connectivity index (χ0n) is 11.8. The fourth-order valence-electron chi connectivity index (χ4n) is 2.49. The molecular formula is C16H16N2O3. The van der Waals surface area contributed by atoms with Crippen LogP contribution in [0, 0.1) is 17.0 Å². The number of hydrogen-bond donors (Lipinski definition) is 1. The van der Waals surface area contributed by atoms with Crippen LogP contribution in [0.4, 0.5) is 11.4 Å². The third-order valence-corrected chi connectivity index (χ3v) is 3.59. The molecule has 1 heterocycles. The number of fused-ring (bicyclic) bond motifs is 1. The Bertz CT molecular complexity index is 698. The van der Waals surface area contributed by atoms with E-state index in [0.29, 0.717) is 12.2 Å². The predicted octanol–water partition coefficient (Wildman–Crippen LogP) is 3.45. The topological polar surface area (TPSA) is 64.4 Å². The van der Waals surface area contributed by atoms with Crippen molar-refractivity contribution in [2.45, 2.75) is 19.9 Å². The highest BCUT2D eigenvalue weighted by atomic mass is 16.6. The van der Waals surface area contributed by atoms with Gasteiger partial charge in [0.25, 0.3) is 5.69 Å². The molecule has 0 bridgehead atoms. The molecule has 5 heteroatoms. The molecule has 0 aliphatic carbocycles. The molecule has 21 heavy (non-hydrogen) atoms. The Morgan fingerprint density at radius 3 is 2.95 bits per heavy atom. The minimum absolute atomic E-state index is 0.111. The van der Waals surface area contributed by atoms with E-state index in [2.05, 4.69) is 11.4 Å². The monoisotopic (exact) mass is 284 g/mol. The first kappa shape index (κ1) is 13.4. The van der Waals surface area contributed by atoms with Gasteiger partial charge in [0.15, 0.2) is 0 Å². The molecule has 2 aromatic carbocycles. The Kier molecular flexibility index (Phi) is 3.48. The van der Waals surface area contributed by atoms with Crippen LogP contribution in [-0.4, -0.2) is 11.5 Å². The van der Waals surface area contributed by atoms with Gasteiger partial charge in [-0.25, -0.2) is 0 Å². The van der Waals surface area contributed by atoms with Crippen molar-refractivity contribution in [2.75, 3.05) is 11.9 Å². The van der Waals surface area contributed by atoms with Gasteiger partial charge in [-0.2, -0.15) is 0 Å². The van der Waals surface area contributed by atoms with Gasteiger partial charge in [-0.1, -0.05) is 18.2 Å². The third-order valence-electron chi connectivity index (χ3n) is 3.59. The van der Waals surface area contributed by atoms with Crippen LogP contribution in [0.1, 0.15) is 16.7 Å². The normalized spacial score (nSPS) is 12.6. The summed E-state index contributed by atoms with van der Waals surface area (Å²) in [7, 11) is 0. The summed E-state index contributed by atoms with van der Waals surface area (Å²) in [4.78, 5) is 10.7. The summed E-state index contributed by atoms with van der Waals surface area (Å²) in [6.45, 7) is 3.13. The summed E-state index contributed by atoms with van der Waals surface area (Å²) in [5.41, 5.74) is 3.82. The van der Waals surface area contributed by atoms with Crippen LogP contribution < -0.4 is 10.1 Å². The van der Waals surface area contributed by atoms with E-state index in [-0.39, 0.29) is 10.6 Å². The number of hydrogen-bond acceptors (Lipinski definition) is 4. The molecule has 1 N–H and O–H groups in total. The Morgan fingerprint density at radius 1 is 1.29 bits per heavy atom. The molecule has 0 atom stereocenters. The average Bonchev–Trinajstić information content (AvgIpc) is 2.93. The van der Waals surface area contributed by atoms with Crippen LogP contribution in [0.3, 0.4) is 0 Å². The second-order valence-corrected chi connectivity index (χ2v) is 5.17. The summed E-state index contributed by atoms with van der Waals surface area (Å²) in [5.74, 6) is 0.945. The van der Waals surface area contributed by atoms with Gasteiger partial charge in [0.1, 0.15) is 11.4 Å². The summed E-state index contributed by atoms with van der Waals surface area (Å²) in [6, 6.07) is 11.2. The molecule has 0 spiro atoms. The predicted molar refractivity (Wildman–Crippen MR) is 80.8 cm³/mol. The standard InChI is InChI=1S/C16H16N2O3/c1-11-2-4-14(15(8-11)18(19)20)17-10-12-3-5-16-13(9-12)6-7-21-16/h2-5,8-9,17H,6-7,10H2,1H3. The molecule has 0 saturated heterocycles. The van der Waals surface area contributed by atoms with Crippen molar-refractivity contribution in [1.29, 1.82) is 0 Å². The van der Waals surface area contributed by atoms with E-state index in [9.17, 15) is 10.1 Å². The van der Waals surface area contributed by atoms with Crippen molar-refractivity contribution >= 4 is 11.4 Å². The molecule has 2 aromatic rings. The number of nitrogens with one attached hydrogen (secondary N) is 1. The molecule has 1 aliphatic rings. The van der Waals surface area contributed by atoms with Crippen molar-refractivity contribution in [2.24, 2.45) is 0 Å². The van der Waals surface area contributed by atoms with Crippen molar-refractivity contribution in [1.82, 2.24) is 0 Å². The third kappa shape index (κ3) is 2.81. The molecule has 1 aliphatic heterocycles. The van der Waals surface area contributed by atoms with Crippen LogP contribution in [0.15, 0.2) is 36.4 Å². The number of nitro benzene ring substituents is 1. The second-order valence-electron chi connectivity index (χ2n) is 5.17. The van der Waals surface area contributed by atoms with Crippen LogP contribution in [-0.2, 0) is 13.0 Å². The van der Waals surface area contributed by atoms with Gasteiger partial charge in [-0.05, 0) is 35.7 Å². The maximum Gasteiger partial charge on any atom is 0.292 e. The van der Waals surface area contributed by atoms with E-state index in [0.717, 1.165) is 29.9 Å². The highest BCUT2D eigenvalue weighted by Gasteiger charge is 2.15. The molecule has 108 valence electrons. The smallest absolute Gasteiger partial charge is 0.292 e. The lowest BCUT2D eigenvalue weighted by Gasteiger charge is -2.09. The fourth-order valence-corrected chi connectivity index (χ4v) is 2.49. The molecule has 0 unspecified atom stereocenters. The highest BCUT2D eigenvalue weighted by molar-refractivity contribution is 5.62. The lowest BCUT2D eigenvalue weighted by atomic mass is 10.1. The number of aryl methyl sites for hydroxylation is 1. The van der Waals surface area contributed by atoms with E-state index in [1.54, 1.807) is 12.1 Å². The summed E-state index contributed by atoms with van der Waals surface area (Å²) >= 11 is 0. The quantitative estimate of drug-likeness (QED) is 0.690. The van der Waals surface area contributed by atoms with Gasteiger partial charge in [0.2, 0.25) is 0 Å². The lowest BCUT2D eigenvalue weighted by Crippen LogP contribution is -2.03. The zero-order valence-corrected chi connectivity index (χ0v) is 11.8. The SMILES string of the molecule is Cc1ccc(NCc2ccc3c(c2)CCO3)c([N+](=O)[O-])c1. The molecular weight excluding hydrogens is 268 g/mol. The minimum Gasteiger partial charge on any atom is -0.493 e. The number of benzene rings is 2. The van der Waals surface area contributed by atoms with Crippen LogP contribution in [0.5, 0.6) is 5.75 Å². The van der Waals surface area contributed by atoms with Gasteiger partial charge < -0.3 is 10.1 Å². The summed E-state index contributed by atoms with van der Waals surface area (Å²) in [6.07, 6.45) is 0.924. The number of rotatable bonds is 4. The molecule has 0 radical (unpaired) electrons. The van der Waals surface area contributed by atoms with Crippen LogP contribution in [0.25, 0.3) is 0 Å². The molecule has 0 amide bonds. The highest BCUT2D eigenvalue weighted by Crippen LogP contribution is 2.28. The zero-order chi connectivity index (χ0) is 14.8. The Morgan fingerprint density at radius 2 is 2.14 bits per heavy atom. The molecule has 0 aromatic heterocycles. The first-order valence-electron chi connectivity index (χ1n) is 6.87. The van der Waals surface area contributed by atoms with Gasteiger partial charge >= 0.3 is 0 Å². The first-order valence-corrected chi connectivity index (χ1v) is 6.87. The first-order chi connectivity index (χ1) is 10.1. The minimum atomic E-state index is -0.355. The molecule has 0 saturated carbocycles. The number of ether oxygens (including phenoxy) is 1. The molecule has 3 rings (SSSR count). The lowest BCUT2D eigenvalue weighted by molar-refractivity contribution is -0.384. The van der Waals surface area contributed by atoms with Crippen LogP contribution in [0.2, 0.25) is 0 Å². The van der Waals surface area contributed by atoms with Crippen LogP contribution >= 0.6 is 0 Å². The maximum atomic E-state index is 11.1. The van der Waals surface area contributed by atoms with Gasteiger partial charge in [0, 0.05) is 19.0 Å². The number of anilines is 1. The molecule has 0 fully saturated rings. The molecule has 5 nitrogen and oxygen atoms in total. The van der Waals surface area contributed by atoms with Gasteiger partial charge in [-0.15, -0.1) is 0 Å². The Balaban J connectivity index is 1.77. The Hall–Kier alpha value is -2.56. The Labute approximate surface area is 122 Å².